The second-order valence-electron chi connectivity index (χ2n) is 5.83. The summed E-state index contributed by atoms with van der Waals surface area (Å²) in [6.07, 6.45) is 1.48. The Morgan fingerprint density at radius 3 is 2.68 bits per heavy atom. The largest absolute Gasteiger partial charge is 0.339 e. The van der Waals surface area contributed by atoms with Gasteiger partial charge >= 0.3 is 0 Å². The van der Waals surface area contributed by atoms with Crippen LogP contribution in [0.1, 0.15) is 5.56 Å². The lowest BCUT2D eigenvalue weighted by Gasteiger charge is -2.32. The van der Waals surface area contributed by atoms with E-state index in [0.717, 1.165) is 18.7 Å². The van der Waals surface area contributed by atoms with Crippen molar-refractivity contribution in [2.45, 2.75) is 13.5 Å². The Morgan fingerprint density at radius 2 is 1.95 bits per heavy atom. The Kier molecular flexibility index (Phi) is 3.94. The molecule has 6 nitrogen and oxygen atoms in total. The first-order valence-corrected chi connectivity index (χ1v) is 7.47. The fourth-order valence-corrected chi connectivity index (χ4v) is 2.75. The summed E-state index contributed by atoms with van der Waals surface area (Å²) in [5, 5.41) is 0.564. The Hall–Kier alpha value is -2.21. The van der Waals surface area contributed by atoms with Crippen LogP contribution in [0.4, 0.5) is 0 Å². The molecule has 1 aromatic carbocycles. The number of rotatable bonds is 2. The van der Waals surface area contributed by atoms with Crippen molar-refractivity contribution >= 4 is 16.8 Å². The number of aromatic nitrogens is 2. The number of hydrogen-bond acceptors (Lipinski definition) is 4. The molecule has 0 saturated carbocycles. The van der Waals surface area contributed by atoms with E-state index in [1.54, 1.807) is 6.07 Å². The summed E-state index contributed by atoms with van der Waals surface area (Å²) in [4.78, 5) is 33.2. The van der Waals surface area contributed by atoms with Crippen molar-refractivity contribution in [3.8, 4) is 0 Å². The van der Waals surface area contributed by atoms with Crippen molar-refractivity contribution in [2.75, 3.05) is 33.2 Å². The topological polar surface area (TPSA) is 58.4 Å². The predicted molar refractivity (Wildman–Crippen MR) is 84.8 cm³/mol. The molecular formula is C16H20N4O2. The molecule has 0 unspecified atom stereocenters. The van der Waals surface area contributed by atoms with Crippen LogP contribution in [0, 0.1) is 6.92 Å². The number of piperazine rings is 1. The average molecular weight is 300 g/mol. The quantitative estimate of drug-likeness (QED) is 0.809. The SMILES string of the molecule is Cc1cccc2c(=O)n(CC(=O)N3CCN(C)CC3)cnc12. The zero-order chi connectivity index (χ0) is 15.7. The fraction of sp³-hybridized carbons (Fsp3) is 0.438. The molecule has 0 radical (unpaired) electrons. The molecule has 0 N–H and O–H groups in total. The number of fused-ring (bicyclic) bond motifs is 1. The van der Waals surface area contributed by atoms with Gasteiger partial charge in [0, 0.05) is 26.2 Å². The fourth-order valence-electron chi connectivity index (χ4n) is 2.75. The van der Waals surface area contributed by atoms with Crippen LogP contribution >= 0.6 is 0 Å². The lowest BCUT2D eigenvalue weighted by atomic mass is 10.1. The highest BCUT2D eigenvalue weighted by atomic mass is 16.2. The van der Waals surface area contributed by atoms with Gasteiger partial charge in [-0.1, -0.05) is 12.1 Å². The van der Waals surface area contributed by atoms with Crippen molar-refractivity contribution < 1.29 is 4.79 Å². The number of carbonyl (C=O) groups is 1. The number of amides is 1. The molecular weight excluding hydrogens is 280 g/mol. The van der Waals surface area contributed by atoms with Gasteiger partial charge in [0.1, 0.15) is 6.54 Å². The maximum atomic E-state index is 12.5. The molecule has 3 rings (SSSR count). The molecule has 22 heavy (non-hydrogen) atoms. The van der Waals surface area contributed by atoms with Crippen LogP contribution in [0.3, 0.4) is 0 Å². The van der Waals surface area contributed by atoms with Crippen molar-refractivity contribution in [1.29, 1.82) is 0 Å². The molecule has 1 aromatic heterocycles. The third kappa shape index (κ3) is 2.74. The number of hydrogen-bond donors (Lipinski definition) is 0. The first kappa shape index (κ1) is 14.7. The predicted octanol–water partition coefficient (Wildman–Crippen LogP) is 0.479. The van der Waals surface area contributed by atoms with E-state index < -0.39 is 0 Å². The normalized spacial score (nSPS) is 16.2. The van der Waals surface area contributed by atoms with Gasteiger partial charge < -0.3 is 9.80 Å². The summed E-state index contributed by atoms with van der Waals surface area (Å²) in [5.74, 6) is -0.0241. The highest BCUT2D eigenvalue weighted by Crippen LogP contribution is 2.11. The van der Waals surface area contributed by atoms with E-state index in [2.05, 4.69) is 9.88 Å². The Morgan fingerprint density at radius 1 is 1.23 bits per heavy atom. The molecule has 0 spiro atoms. The number of carbonyl (C=O) groups excluding carboxylic acids is 1. The van der Waals surface area contributed by atoms with Gasteiger partial charge in [0.15, 0.2) is 0 Å². The molecule has 1 aliphatic rings. The molecule has 2 heterocycles. The zero-order valence-corrected chi connectivity index (χ0v) is 13.0. The van der Waals surface area contributed by atoms with E-state index in [1.165, 1.54) is 10.9 Å². The summed E-state index contributed by atoms with van der Waals surface area (Å²) >= 11 is 0. The second-order valence-corrected chi connectivity index (χ2v) is 5.83. The van der Waals surface area contributed by atoms with Gasteiger partial charge in [-0.25, -0.2) is 4.98 Å². The Bertz CT molecular complexity index is 760. The monoisotopic (exact) mass is 300 g/mol. The average Bonchev–Trinajstić information content (AvgIpc) is 2.51. The van der Waals surface area contributed by atoms with E-state index in [9.17, 15) is 9.59 Å². The minimum absolute atomic E-state index is 0.0241. The maximum Gasteiger partial charge on any atom is 0.261 e. The van der Waals surface area contributed by atoms with E-state index in [0.29, 0.717) is 24.0 Å². The maximum absolute atomic E-state index is 12.5. The number of nitrogens with zero attached hydrogens (tertiary/aromatic N) is 4. The molecule has 116 valence electrons. The number of para-hydroxylation sites is 1. The molecule has 1 aliphatic heterocycles. The van der Waals surface area contributed by atoms with Gasteiger partial charge in [0.25, 0.3) is 5.56 Å². The van der Waals surface area contributed by atoms with Crippen molar-refractivity contribution in [1.82, 2.24) is 19.4 Å². The van der Waals surface area contributed by atoms with Crippen LogP contribution in [0.15, 0.2) is 29.3 Å². The summed E-state index contributed by atoms with van der Waals surface area (Å²) in [6, 6.07) is 5.52. The molecule has 0 atom stereocenters. The Labute approximate surface area is 129 Å². The molecule has 0 bridgehead atoms. The minimum atomic E-state index is -0.156. The van der Waals surface area contributed by atoms with Crippen LogP contribution < -0.4 is 5.56 Å². The molecule has 6 heteroatoms. The molecule has 1 fully saturated rings. The third-order valence-corrected chi connectivity index (χ3v) is 4.22. The van der Waals surface area contributed by atoms with Gasteiger partial charge in [0.2, 0.25) is 5.91 Å². The number of likely N-dealkylation sites (N-methyl/N-ethyl adjacent to an activating group) is 1. The standard InChI is InChI=1S/C16H20N4O2/c1-12-4-3-5-13-15(12)17-11-20(16(13)22)10-14(21)19-8-6-18(2)7-9-19/h3-5,11H,6-10H2,1-2H3. The number of aryl methyl sites for hydroxylation is 1. The summed E-state index contributed by atoms with van der Waals surface area (Å²) in [7, 11) is 2.04. The first-order valence-electron chi connectivity index (χ1n) is 7.47. The molecule has 2 aromatic rings. The Balaban J connectivity index is 1.84. The van der Waals surface area contributed by atoms with Crippen molar-refractivity contribution in [3.05, 3.63) is 40.4 Å². The lowest BCUT2D eigenvalue weighted by Crippen LogP contribution is -2.48. The van der Waals surface area contributed by atoms with Crippen molar-refractivity contribution in [3.63, 3.8) is 0 Å². The lowest BCUT2D eigenvalue weighted by molar-refractivity contribution is -0.133. The van der Waals surface area contributed by atoms with Crippen LogP contribution in [-0.2, 0) is 11.3 Å². The summed E-state index contributed by atoms with van der Waals surface area (Å²) in [5.41, 5.74) is 1.51. The molecule has 1 amide bonds. The van der Waals surface area contributed by atoms with Gasteiger partial charge in [-0.2, -0.15) is 0 Å². The smallest absolute Gasteiger partial charge is 0.261 e. The summed E-state index contributed by atoms with van der Waals surface area (Å²) in [6.45, 7) is 5.15. The summed E-state index contributed by atoms with van der Waals surface area (Å²) < 4.78 is 1.41. The molecule has 0 aliphatic carbocycles. The molecule has 1 saturated heterocycles. The zero-order valence-electron chi connectivity index (χ0n) is 13.0. The van der Waals surface area contributed by atoms with Gasteiger partial charge in [-0.3, -0.25) is 14.2 Å². The number of benzene rings is 1. The van der Waals surface area contributed by atoms with Crippen LogP contribution in [0.25, 0.3) is 10.9 Å². The highest BCUT2D eigenvalue weighted by Gasteiger charge is 2.19. The highest BCUT2D eigenvalue weighted by molar-refractivity contribution is 5.81. The third-order valence-electron chi connectivity index (χ3n) is 4.22. The van der Waals surface area contributed by atoms with Gasteiger partial charge in [-0.15, -0.1) is 0 Å². The van der Waals surface area contributed by atoms with Crippen LogP contribution in [0.5, 0.6) is 0 Å². The van der Waals surface area contributed by atoms with E-state index in [4.69, 9.17) is 0 Å². The first-order chi connectivity index (χ1) is 10.6. The van der Waals surface area contributed by atoms with Crippen LogP contribution in [-0.4, -0.2) is 58.5 Å². The van der Waals surface area contributed by atoms with Gasteiger partial charge in [-0.05, 0) is 25.6 Å². The van der Waals surface area contributed by atoms with Gasteiger partial charge in [0.05, 0.1) is 17.2 Å². The van der Waals surface area contributed by atoms with Crippen molar-refractivity contribution in [2.24, 2.45) is 0 Å². The van der Waals surface area contributed by atoms with E-state index in [1.807, 2.05) is 31.0 Å². The van der Waals surface area contributed by atoms with E-state index >= 15 is 0 Å². The minimum Gasteiger partial charge on any atom is -0.339 e. The van der Waals surface area contributed by atoms with Crippen LogP contribution in [0.2, 0.25) is 0 Å². The second kappa shape index (κ2) is 5.88. The van der Waals surface area contributed by atoms with E-state index in [-0.39, 0.29) is 18.0 Å².